The van der Waals surface area contributed by atoms with Crippen LogP contribution in [0, 0.1) is 11.8 Å². The molecule has 0 saturated carbocycles. The standard InChI is InChI=1S/C26H36S3/c1-19(2)9-5-7-11-21-13-15-23(27-21)25-17-18-26(29-25)24-16-14-22(28-24)12-8-6-10-20(3)4/h13-20H,5-12H2,1-4H3. The molecule has 0 fully saturated rings. The van der Waals surface area contributed by atoms with Gasteiger partial charge >= 0.3 is 0 Å². The molecule has 0 atom stereocenters. The van der Waals surface area contributed by atoms with E-state index < -0.39 is 0 Å². The fraction of sp³-hybridized carbons (Fsp3) is 0.538. The van der Waals surface area contributed by atoms with Crippen molar-refractivity contribution in [1.82, 2.24) is 0 Å². The lowest BCUT2D eigenvalue weighted by molar-refractivity contribution is 0.539. The van der Waals surface area contributed by atoms with Gasteiger partial charge in [-0.05, 0) is 73.9 Å². The average molecular weight is 445 g/mol. The third-order valence-corrected chi connectivity index (χ3v) is 9.09. The second kappa shape index (κ2) is 11.5. The first-order chi connectivity index (χ1) is 14.0. The van der Waals surface area contributed by atoms with Crippen LogP contribution in [0.5, 0.6) is 0 Å². The lowest BCUT2D eigenvalue weighted by Gasteiger charge is -2.02. The van der Waals surface area contributed by atoms with Gasteiger partial charge in [0, 0.05) is 29.3 Å². The fourth-order valence-corrected chi connectivity index (χ4v) is 6.88. The molecule has 0 bridgehead atoms. The average Bonchev–Trinajstić information content (AvgIpc) is 3.42. The molecule has 3 heteroatoms. The minimum atomic E-state index is 0.830. The van der Waals surface area contributed by atoms with Crippen molar-refractivity contribution in [2.24, 2.45) is 11.8 Å². The van der Waals surface area contributed by atoms with E-state index in [-0.39, 0.29) is 0 Å². The first-order valence-electron chi connectivity index (χ1n) is 11.3. The maximum absolute atomic E-state index is 2.34. The zero-order valence-corrected chi connectivity index (χ0v) is 20.9. The number of aryl methyl sites for hydroxylation is 2. The molecular formula is C26H36S3. The summed E-state index contributed by atoms with van der Waals surface area (Å²) in [6, 6.07) is 14.0. The molecule has 0 aliphatic rings. The van der Waals surface area contributed by atoms with Gasteiger partial charge in [-0.2, -0.15) is 0 Å². The van der Waals surface area contributed by atoms with Gasteiger partial charge in [0.15, 0.2) is 0 Å². The van der Waals surface area contributed by atoms with E-state index in [0.717, 1.165) is 11.8 Å². The lowest BCUT2D eigenvalue weighted by Crippen LogP contribution is -1.88. The minimum Gasteiger partial charge on any atom is -0.139 e. The molecule has 0 unspecified atom stereocenters. The van der Waals surface area contributed by atoms with Crippen LogP contribution < -0.4 is 0 Å². The number of hydrogen-bond donors (Lipinski definition) is 0. The molecule has 3 rings (SSSR count). The van der Waals surface area contributed by atoms with E-state index in [1.54, 1.807) is 9.75 Å². The number of thiophene rings is 3. The molecule has 0 aliphatic carbocycles. The molecule has 0 saturated heterocycles. The molecule has 0 aromatic carbocycles. The van der Waals surface area contributed by atoms with Gasteiger partial charge in [-0.3, -0.25) is 0 Å². The minimum absolute atomic E-state index is 0.830. The van der Waals surface area contributed by atoms with Crippen molar-refractivity contribution < 1.29 is 0 Å². The second-order valence-electron chi connectivity index (χ2n) is 8.98. The molecule has 0 nitrogen and oxygen atoms in total. The Morgan fingerprint density at radius 1 is 0.517 bits per heavy atom. The van der Waals surface area contributed by atoms with Gasteiger partial charge in [-0.25, -0.2) is 0 Å². The van der Waals surface area contributed by atoms with Gasteiger partial charge in [-0.1, -0.05) is 53.4 Å². The van der Waals surface area contributed by atoms with E-state index in [0.29, 0.717) is 0 Å². The summed E-state index contributed by atoms with van der Waals surface area (Å²) in [4.78, 5) is 8.80. The summed E-state index contributed by atoms with van der Waals surface area (Å²) < 4.78 is 0. The molecule has 3 aromatic rings. The Kier molecular flexibility index (Phi) is 9.02. The van der Waals surface area contributed by atoms with Gasteiger partial charge < -0.3 is 0 Å². The van der Waals surface area contributed by atoms with Gasteiger partial charge in [0.05, 0.1) is 0 Å². The predicted octanol–water partition coefficient (Wildman–Crippen LogP) is 9.94. The molecule has 3 heterocycles. The maximum atomic E-state index is 2.34. The SMILES string of the molecule is CC(C)CCCCc1ccc(-c2ccc(-c3ccc(CCCCC(C)C)s3)s2)s1. The summed E-state index contributed by atoms with van der Waals surface area (Å²) >= 11 is 5.93. The largest absolute Gasteiger partial charge is 0.139 e. The van der Waals surface area contributed by atoms with Crippen molar-refractivity contribution in [3.05, 3.63) is 46.2 Å². The molecular weight excluding hydrogens is 408 g/mol. The quantitative estimate of drug-likeness (QED) is 0.244. The Bertz CT molecular complexity index is 778. The molecule has 29 heavy (non-hydrogen) atoms. The highest BCUT2D eigenvalue weighted by molar-refractivity contribution is 7.26. The van der Waals surface area contributed by atoms with Crippen molar-refractivity contribution in [2.75, 3.05) is 0 Å². The first-order valence-corrected chi connectivity index (χ1v) is 13.7. The Balaban J connectivity index is 1.53. The van der Waals surface area contributed by atoms with E-state index >= 15 is 0 Å². The molecule has 0 aliphatic heterocycles. The summed E-state index contributed by atoms with van der Waals surface area (Å²) in [6.07, 6.45) is 10.5. The van der Waals surface area contributed by atoms with Crippen LogP contribution in [0.25, 0.3) is 19.5 Å². The topological polar surface area (TPSA) is 0 Å². The highest BCUT2D eigenvalue weighted by atomic mass is 32.1. The third-order valence-electron chi connectivity index (χ3n) is 5.32. The number of rotatable bonds is 12. The van der Waals surface area contributed by atoms with Gasteiger partial charge in [0.2, 0.25) is 0 Å². The van der Waals surface area contributed by atoms with Crippen molar-refractivity contribution in [3.8, 4) is 19.5 Å². The Hall–Kier alpha value is -0.900. The van der Waals surface area contributed by atoms with Crippen molar-refractivity contribution in [3.63, 3.8) is 0 Å². The van der Waals surface area contributed by atoms with E-state index in [1.165, 1.54) is 70.9 Å². The summed E-state index contributed by atoms with van der Waals surface area (Å²) in [5.74, 6) is 1.66. The Labute approximate surface area is 190 Å². The first kappa shape index (κ1) is 22.8. The van der Waals surface area contributed by atoms with Crippen LogP contribution in [0.15, 0.2) is 36.4 Å². The second-order valence-corrected chi connectivity index (χ2v) is 12.4. The summed E-state index contributed by atoms with van der Waals surface area (Å²) in [5.41, 5.74) is 0. The Morgan fingerprint density at radius 2 is 0.897 bits per heavy atom. The third kappa shape index (κ3) is 7.38. The maximum Gasteiger partial charge on any atom is 0.0449 e. The van der Waals surface area contributed by atoms with Crippen LogP contribution in [0.1, 0.15) is 76.0 Å². The van der Waals surface area contributed by atoms with Gasteiger partial charge in [-0.15, -0.1) is 34.0 Å². The molecule has 3 aromatic heterocycles. The molecule has 0 radical (unpaired) electrons. The van der Waals surface area contributed by atoms with Crippen LogP contribution in [0.3, 0.4) is 0 Å². The van der Waals surface area contributed by atoms with Gasteiger partial charge in [0.25, 0.3) is 0 Å². The molecule has 158 valence electrons. The summed E-state index contributed by atoms with van der Waals surface area (Å²) in [5, 5.41) is 0. The van der Waals surface area contributed by atoms with E-state index in [2.05, 4.69) is 64.1 Å². The van der Waals surface area contributed by atoms with Crippen LogP contribution >= 0.6 is 34.0 Å². The van der Waals surface area contributed by atoms with Crippen LogP contribution in [-0.4, -0.2) is 0 Å². The summed E-state index contributed by atoms with van der Waals surface area (Å²) in [7, 11) is 0. The lowest BCUT2D eigenvalue weighted by atomic mass is 10.1. The van der Waals surface area contributed by atoms with Crippen molar-refractivity contribution in [1.29, 1.82) is 0 Å². The predicted molar refractivity (Wildman–Crippen MR) is 136 cm³/mol. The van der Waals surface area contributed by atoms with Crippen molar-refractivity contribution in [2.45, 2.75) is 79.1 Å². The van der Waals surface area contributed by atoms with E-state index in [4.69, 9.17) is 0 Å². The normalized spacial score (nSPS) is 11.8. The monoisotopic (exact) mass is 444 g/mol. The highest BCUT2D eigenvalue weighted by Gasteiger charge is 2.10. The van der Waals surface area contributed by atoms with Gasteiger partial charge in [0.1, 0.15) is 0 Å². The molecule has 0 spiro atoms. The molecule has 0 N–H and O–H groups in total. The smallest absolute Gasteiger partial charge is 0.0449 e. The van der Waals surface area contributed by atoms with E-state index in [1.807, 2.05) is 34.0 Å². The van der Waals surface area contributed by atoms with Crippen LogP contribution in [-0.2, 0) is 12.8 Å². The Morgan fingerprint density at radius 3 is 1.31 bits per heavy atom. The number of unbranched alkanes of at least 4 members (excludes halogenated alkanes) is 2. The zero-order valence-electron chi connectivity index (χ0n) is 18.5. The fourth-order valence-electron chi connectivity index (χ4n) is 3.60. The van der Waals surface area contributed by atoms with Crippen LogP contribution in [0.4, 0.5) is 0 Å². The zero-order chi connectivity index (χ0) is 20.6. The highest BCUT2D eigenvalue weighted by Crippen LogP contribution is 2.40. The number of hydrogen-bond acceptors (Lipinski definition) is 3. The summed E-state index contributed by atoms with van der Waals surface area (Å²) in [6.45, 7) is 9.28. The van der Waals surface area contributed by atoms with Crippen molar-refractivity contribution >= 4 is 34.0 Å². The molecule has 0 amide bonds. The van der Waals surface area contributed by atoms with E-state index in [9.17, 15) is 0 Å². The van der Waals surface area contributed by atoms with Crippen LogP contribution in [0.2, 0.25) is 0 Å².